The molecule has 0 aromatic rings. The van der Waals surface area contributed by atoms with E-state index in [0.29, 0.717) is 0 Å². The third kappa shape index (κ3) is 8.16. The lowest BCUT2D eigenvalue weighted by molar-refractivity contribution is -0.445. The fraction of sp³-hybridized carbons (Fsp3) is 1.00. The first kappa shape index (κ1) is 52.9. The predicted molar refractivity (Wildman–Crippen MR) is 118 cm³/mol. The molecule has 0 aromatic carbocycles. The lowest BCUT2D eigenvalue weighted by atomic mass is 9.73. The SMILES string of the molecule is O=S(=O)(O)CC(C(O)(CCO)C(CC(F)(F)C(F)(F)C(F)(F)C(F)(F)C(F)(F)C(F)(F)F)S(=O)(=O)O)C(F)(F)C(F)(F)C(F)(F)C(F)(F)C(F)(F)C(F)(F)F. The summed E-state index contributed by atoms with van der Waals surface area (Å²) in [5, 5.41) is 13.7. The second-order valence-corrected chi connectivity index (χ2v) is 14.0. The van der Waals surface area contributed by atoms with Crippen molar-refractivity contribution in [3.8, 4) is 0 Å². The van der Waals surface area contributed by atoms with Crippen LogP contribution in [0.15, 0.2) is 0 Å². The van der Waals surface area contributed by atoms with Gasteiger partial charge in [-0.05, 0) is 0 Å². The normalized spacial score (nSPS) is 18.6. The number of halogens is 26. The van der Waals surface area contributed by atoms with E-state index in [4.69, 9.17) is 9.66 Å². The highest BCUT2D eigenvalue weighted by Gasteiger charge is 2.93. The highest BCUT2D eigenvalue weighted by atomic mass is 32.2. The van der Waals surface area contributed by atoms with Gasteiger partial charge in [0.05, 0.1) is 17.3 Å². The summed E-state index contributed by atoms with van der Waals surface area (Å²) in [6, 6.07) is 0. The molecule has 4 N–H and O–H groups in total. The van der Waals surface area contributed by atoms with E-state index < -0.39 is 134 Å². The van der Waals surface area contributed by atoms with E-state index in [9.17, 15) is 132 Å². The first-order chi connectivity index (χ1) is 23.2. The van der Waals surface area contributed by atoms with Crippen LogP contribution >= 0.6 is 0 Å². The fourth-order valence-corrected chi connectivity index (χ4v) is 6.35. The van der Waals surface area contributed by atoms with Crippen molar-refractivity contribution in [2.75, 3.05) is 12.4 Å². The second kappa shape index (κ2) is 14.0. The molecule has 0 aromatic heterocycles. The zero-order valence-electron chi connectivity index (χ0n) is 24.5. The van der Waals surface area contributed by atoms with Gasteiger partial charge in [0.25, 0.3) is 20.2 Å². The first-order valence-corrected chi connectivity index (χ1v) is 15.5. The summed E-state index contributed by atoms with van der Waals surface area (Å²) in [5.74, 6) is -97.6. The molecule has 0 bridgehead atoms. The molecule has 8 nitrogen and oxygen atoms in total. The summed E-state index contributed by atoms with van der Waals surface area (Å²) < 4.78 is 419. The molecule has 0 saturated heterocycles. The van der Waals surface area contributed by atoms with Gasteiger partial charge < -0.3 is 10.2 Å². The van der Waals surface area contributed by atoms with Crippen LogP contribution in [0.4, 0.5) is 114 Å². The van der Waals surface area contributed by atoms with Crippen molar-refractivity contribution in [2.24, 2.45) is 5.92 Å². The number of aliphatic hydroxyl groups excluding tert-OH is 1. The van der Waals surface area contributed by atoms with Crippen molar-refractivity contribution in [3.63, 3.8) is 0 Å². The van der Waals surface area contributed by atoms with Gasteiger partial charge in [-0.3, -0.25) is 9.11 Å². The van der Waals surface area contributed by atoms with Crippen LogP contribution < -0.4 is 0 Å². The van der Waals surface area contributed by atoms with E-state index in [2.05, 4.69) is 0 Å². The minimum atomic E-state index is -9.12. The standard InChI is InChI=1S/C19H14F26O8S2/c20-8(21,10(24,25)12(28,29)14(32,33)16(36,37)18(40,41)42)3-6(55(51,52)53)7(47,1-2-46)5(4-54(48,49)50)9(22,23)11(26,27)13(30,31)15(34,35)17(38,39)19(43,44)45/h5-6,46-47H,1-4H2,(H,48,49,50)(H,51,52,53). The van der Waals surface area contributed by atoms with E-state index in [1.54, 1.807) is 0 Å². The van der Waals surface area contributed by atoms with Gasteiger partial charge in [-0.15, -0.1) is 0 Å². The Morgan fingerprint density at radius 2 is 0.745 bits per heavy atom. The molecule has 3 unspecified atom stereocenters. The minimum absolute atomic E-state index is 2.79. The molecule has 0 saturated carbocycles. The number of aliphatic hydroxyl groups is 2. The van der Waals surface area contributed by atoms with Crippen LogP contribution in [0.2, 0.25) is 0 Å². The first-order valence-electron chi connectivity index (χ1n) is 12.4. The summed E-state index contributed by atoms with van der Waals surface area (Å²) in [4.78, 5) is 0. The number of hydrogen-bond donors (Lipinski definition) is 4. The largest absolute Gasteiger partial charge is 0.460 e. The van der Waals surface area contributed by atoms with E-state index in [1.807, 2.05) is 0 Å². The van der Waals surface area contributed by atoms with Gasteiger partial charge >= 0.3 is 71.6 Å². The molecule has 0 amide bonds. The van der Waals surface area contributed by atoms with Crippen molar-refractivity contribution < 1.29 is 150 Å². The predicted octanol–water partition coefficient (Wildman–Crippen LogP) is 6.73. The average molecular weight is 928 g/mol. The molecule has 36 heteroatoms. The third-order valence-corrected chi connectivity index (χ3v) is 9.29. The summed E-state index contributed by atoms with van der Waals surface area (Å²) in [6.45, 7) is -2.79. The van der Waals surface area contributed by atoms with Gasteiger partial charge in [0.2, 0.25) is 0 Å². The lowest BCUT2D eigenvalue weighted by Crippen LogP contribution is -2.74. The maximum absolute atomic E-state index is 15.2. The second-order valence-electron chi connectivity index (χ2n) is 10.9. The van der Waals surface area contributed by atoms with E-state index in [-0.39, 0.29) is 0 Å². The summed E-state index contributed by atoms with van der Waals surface area (Å²) >= 11 is 0. The molecule has 0 spiro atoms. The van der Waals surface area contributed by atoms with Gasteiger partial charge in [-0.25, -0.2) is 0 Å². The van der Waals surface area contributed by atoms with Crippen molar-refractivity contribution in [1.29, 1.82) is 0 Å². The zero-order valence-corrected chi connectivity index (χ0v) is 26.2. The number of hydrogen-bond acceptors (Lipinski definition) is 6. The molecule has 0 aliphatic heterocycles. The molecule has 0 aliphatic rings. The van der Waals surface area contributed by atoms with Crippen LogP contribution in [0.5, 0.6) is 0 Å². The van der Waals surface area contributed by atoms with E-state index in [0.717, 1.165) is 0 Å². The smallest absolute Gasteiger partial charge is 0.396 e. The summed E-state index contributed by atoms with van der Waals surface area (Å²) in [7, 11) is -15.0. The number of rotatable bonds is 18. The van der Waals surface area contributed by atoms with Crippen molar-refractivity contribution in [1.82, 2.24) is 0 Å². The van der Waals surface area contributed by atoms with Crippen molar-refractivity contribution >= 4 is 20.2 Å². The highest BCUT2D eigenvalue weighted by molar-refractivity contribution is 7.86. The Kier molecular flexibility index (Phi) is 13.5. The summed E-state index contributed by atoms with van der Waals surface area (Å²) in [6.07, 6.45) is -24.5. The highest BCUT2D eigenvalue weighted by Crippen LogP contribution is 2.64. The molecule has 0 aliphatic carbocycles. The zero-order chi connectivity index (χ0) is 45.5. The monoisotopic (exact) mass is 928 g/mol. The van der Waals surface area contributed by atoms with Crippen molar-refractivity contribution in [2.45, 2.75) is 95.3 Å². The van der Waals surface area contributed by atoms with Gasteiger partial charge in [-0.1, -0.05) is 0 Å². The van der Waals surface area contributed by atoms with Gasteiger partial charge in [-0.2, -0.15) is 131 Å². The Bertz CT molecular complexity index is 1600. The minimum Gasteiger partial charge on any atom is -0.396 e. The van der Waals surface area contributed by atoms with Gasteiger partial charge in [0, 0.05) is 19.4 Å². The van der Waals surface area contributed by atoms with Gasteiger partial charge in [0.1, 0.15) is 5.25 Å². The van der Waals surface area contributed by atoms with Crippen molar-refractivity contribution in [3.05, 3.63) is 0 Å². The van der Waals surface area contributed by atoms with Crippen LogP contribution in [-0.2, 0) is 20.2 Å². The Hall–Kier alpha value is -2.08. The molecule has 55 heavy (non-hydrogen) atoms. The Morgan fingerprint density at radius 3 is 1.00 bits per heavy atom. The van der Waals surface area contributed by atoms with Crippen LogP contribution in [0.1, 0.15) is 12.8 Å². The average Bonchev–Trinajstić information content (AvgIpc) is 2.91. The molecule has 0 heterocycles. The van der Waals surface area contributed by atoms with E-state index in [1.165, 1.54) is 0 Å². The van der Waals surface area contributed by atoms with E-state index >= 15 is 8.78 Å². The molecule has 332 valence electrons. The Balaban J connectivity index is 8.30. The van der Waals surface area contributed by atoms with Crippen LogP contribution in [0, 0.1) is 5.92 Å². The molecule has 0 radical (unpaired) electrons. The molecule has 3 atom stereocenters. The van der Waals surface area contributed by atoms with Crippen LogP contribution in [-0.4, -0.2) is 131 Å². The molecular weight excluding hydrogens is 914 g/mol. The Labute approximate surface area is 284 Å². The molecule has 0 rings (SSSR count). The Morgan fingerprint density at radius 1 is 0.455 bits per heavy atom. The quantitative estimate of drug-likeness (QED) is 0.0875. The maximum atomic E-state index is 15.2. The molecule has 0 fully saturated rings. The van der Waals surface area contributed by atoms with Gasteiger partial charge in [0.15, 0.2) is 0 Å². The van der Waals surface area contributed by atoms with Crippen LogP contribution in [0.25, 0.3) is 0 Å². The third-order valence-electron chi connectivity index (χ3n) is 7.25. The number of alkyl halides is 26. The summed E-state index contributed by atoms with van der Waals surface area (Å²) in [5.41, 5.74) is -6.30. The topological polar surface area (TPSA) is 149 Å². The maximum Gasteiger partial charge on any atom is 0.460 e. The fourth-order valence-electron chi connectivity index (χ4n) is 4.22. The lowest BCUT2D eigenvalue weighted by Gasteiger charge is -2.48. The molecular formula is C19H14F26O8S2. The van der Waals surface area contributed by atoms with Crippen LogP contribution in [0.3, 0.4) is 0 Å².